The molecule has 1 aromatic rings. The van der Waals surface area contributed by atoms with E-state index in [1.807, 2.05) is 6.92 Å². The first kappa shape index (κ1) is 14.0. The Morgan fingerprint density at radius 1 is 1.56 bits per heavy atom. The number of amides is 1. The summed E-state index contributed by atoms with van der Waals surface area (Å²) < 4.78 is 27.1. The van der Waals surface area contributed by atoms with Crippen molar-refractivity contribution in [2.45, 2.75) is 30.0 Å². The number of aryl methyl sites for hydroxylation is 1. The highest BCUT2D eigenvalue weighted by atomic mass is 79.9. The fourth-order valence-electron chi connectivity index (χ4n) is 1.30. The van der Waals surface area contributed by atoms with Gasteiger partial charge in [0.2, 0.25) is 5.91 Å². The minimum Gasteiger partial charge on any atom is -0.352 e. The van der Waals surface area contributed by atoms with Crippen LogP contribution in [0.25, 0.3) is 0 Å². The van der Waals surface area contributed by atoms with E-state index >= 15 is 0 Å². The lowest BCUT2D eigenvalue weighted by Crippen LogP contribution is -2.37. The maximum Gasteiger partial charge on any atom is 0.250 e. The molecule has 1 amide bonds. The van der Waals surface area contributed by atoms with Crippen molar-refractivity contribution in [1.82, 2.24) is 10.0 Å². The van der Waals surface area contributed by atoms with Crippen LogP contribution >= 0.6 is 27.3 Å². The van der Waals surface area contributed by atoms with Gasteiger partial charge in [-0.05, 0) is 47.3 Å². The van der Waals surface area contributed by atoms with Gasteiger partial charge in [0.15, 0.2) is 0 Å². The number of hydrogen-bond donors (Lipinski definition) is 2. The van der Waals surface area contributed by atoms with E-state index in [1.165, 1.54) is 0 Å². The zero-order valence-corrected chi connectivity index (χ0v) is 12.9. The second-order valence-corrected chi connectivity index (χ2v) is 8.55. The predicted molar refractivity (Wildman–Crippen MR) is 73.1 cm³/mol. The molecule has 0 atom stereocenters. The van der Waals surface area contributed by atoms with E-state index < -0.39 is 10.0 Å². The van der Waals surface area contributed by atoms with Crippen LogP contribution in [0.1, 0.15) is 18.4 Å². The summed E-state index contributed by atoms with van der Waals surface area (Å²) in [6, 6.07) is 1.82. The Labute approximate surface area is 118 Å². The molecule has 1 aromatic heterocycles. The second kappa shape index (κ2) is 5.28. The van der Waals surface area contributed by atoms with Crippen molar-refractivity contribution in [2.24, 2.45) is 0 Å². The van der Waals surface area contributed by atoms with E-state index in [4.69, 9.17) is 0 Å². The molecule has 1 aliphatic carbocycles. The molecule has 0 unspecified atom stereocenters. The topological polar surface area (TPSA) is 75.3 Å². The minimum absolute atomic E-state index is 0.214. The van der Waals surface area contributed by atoms with Crippen molar-refractivity contribution >= 4 is 43.2 Å². The molecule has 1 heterocycles. The van der Waals surface area contributed by atoms with E-state index in [9.17, 15) is 13.2 Å². The third kappa shape index (κ3) is 3.53. The summed E-state index contributed by atoms with van der Waals surface area (Å²) in [6.07, 6.45) is 1.96. The molecule has 0 bridgehead atoms. The van der Waals surface area contributed by atoms with Crippen LogP contribution in [0.3, 0.4) is 0 Å². The van der Waals surface area contributed by atoms with Gasteiger partial charge in [0.25, 0.3) is 10.0 Å². The van der Waals surface area contributed by atoms with Crippen LogP contribution in [0.2, 0.25) is 0 Å². The summed E-state index contributed by atoms with van der Waals surface area (Å²) in [4.78, 5) is 11.4. The number of nitrogens with one attached hydrogen (secondary N) is 2. The van der Waals surface area contributed by atoms with Crippen LogP contribution in [-0.4, -0.2) is 26.9 Å². The quantitative estimate of drug-likeness (QED) is 0.840. The number of carbonyl (C=O) groups is 1. The van der Waals surface area contributed by atoms with Crippen LogP contribution in [0, 0.1) is 6.92 Å². The van der Waals surface area contributed by atoms with Gasteiger partial charge in [-0.25, -0.2) is 13.1 Å². The summed E-state index contributed by atoms with van der Waals surface area (Å²) in [5.41, 5.74) is 0.864. The summed E-state index contributed by atoms with van der Waals surface area (Å²) in [5, 5.41) is 2.72. The number of hydrogen-bond acceptors (Lipinski definition) is 4. The molecule has 0 radical (unpaired) electrons. The summed E-state index contributed by atoms with van der Waals surface area (Å²) in [6.45, 7) is 1.60. The van der Waals surface area contributed by atoms with E-state index in [1.54, 1.807) is 6.07 Å². The number of sulfonamides is 1. The van der Waals surface area contributed by atoms with Gasteiger partial charge >= 0.3 is 0 Å². The Hall–Kier alpha value is -0.440. The van der Waals surface area contributed by atoms with Gasteiger partial charge in [-0.15, -0.1) is 11.3 Å². The van der Waals surface area contributed by atoms with Crippen molar-refractivity contribution in [3.05, 3.63) is 15.4 Å². The van der Waals surface area contributed by atoms with E-state index in [2.05, 4.69) is 26.0 Å². The molecule has 1 aliphatic rings. The highest BCUT2D eigenvalue weighted by Gasteiger charge is 2.24. The average Bonchev–Trinajstić information content (AvgIpc) is 3.03. The molecule has 0 saturated heterocycles. The lowest BCUT2D eigenvalue weighted by Gasteiger charge is -2.05. The van der Waals surface area contributed by atoms with Crippen LogP contribution < -0.4 is 10.0 Å². The number of rotatable bonds is 5. The monoisotopic (exact) mass is 352 g/mol. The SMILES string of the molecule is Cc1cc(S(=O)(=O)NCC(=O)NC2CC2)sc1Br. The first-order valence-electron chi connectivity index (χ1n) is 5.43. The molecule has 18 heavy (non-hydrogen) atoms. The van der Waals surface area contributed by atoms with Gasteiger partial charge in [-0.3, -0.25) is 4.79 Å². The average molecular weight is 353 g/mol. The Morgan fingerprint density at radius 2 is 2.22 bits per heavy atom. The highest BCUT2D eigenvalue weighted by molar-refractivity contribution is 9.11. The summed E-state index contributed by atoms with van der Waals surface area (Å²) >= 11 is 4.41. The molecule has 8 heteroatoms. The van der Waals surface area contributed by atoms with Gasteiger partial charge < -0.3 is 5.32 Å². The summed E-state index contributed by atoms with van der Waals surface area (Å²) in [7, 11) is -3.59. The van der Waals surface area contributed by atoms with Crippen LogP contribution in [0.4, 0.5) is 0 Å². The first-order valence-corrected chi connectivity index (χ1v) is 8.53. The maximum absolute atomic E-state index is 11.9. The molecule has 0 aromatic carbocycles. The Morgan fingerprint density at radius 3 is 2.72 bits per heavy atom. The van der Waals surface area contributed by atoms with Crippen LogP contribution in [0.5, 0.6) is 0 Å². The number of halogens is 1. The van der Waals surface area contributed by atoms with Gasteiger partial charge in [-0.1, -0.05) is 0 Å². The molecular weight excluding hydrogens is 340 g/mol. The number of carbonyl (C=O) groups excluding carboxylic acids is 1. The molecule has 0 spiro atoms. The van der Waals surface area contributed by atoms with E-state index in [0.717, 1.165) is 33.5 Å². The van der Waals surface area contributed by atoms with Crippen LogP contribution in [-0.2, 0) is 14.8 Å². The Bertz CT molecular complexity index is 544. The van der Waals surface area contributed by atoms with Crippen molar-refractivity contribution in [3.8, 4) is 0 Å². The molecule has 1 fully saturated rings. The van der Waals surface area contributed by atoms with Crippen molar-refractivity contribution in [3.63, 3.8) is 0 Å². The highest BCUT2D eigenvalue weighted by Crippen LogP contribution is 2.30. The fraction of sp³-hybridized carbons (Fsp3) is 0.500. The normalized spacial score (nSPS) is 15.7. The van der Waals surface area contributed by atoms with Gasteiger partial charge in [0, 0.05) is 6.04 Å². The minimum atomic E-state index is -3.59. The zero-order chi connectivity index (χ0) is 13.3. The van der Waals surface area contributed by atoms with E-state index in [-0.39, 0.29) is 22.7 Å². The third-order valence-corrected chi connectivity index (χ3v) is 6.48. The number of thiophene rings is 1. The predicted octanol–water partition coefficient (Wildman–Crippen LogP) is 1.38. The molecule has 5 nitrogen and oxygen atoms in total. The second-order valence-electron chi connectivity index (χ2n) is 4.19. The summed E-state index contributed by atoms with van der Waals surface area (Å²) in [5.74, 6) is -0.284. The lowest BCUT2D eigenvalue weighted by atomic mass is 10.4. The van der Waals surface area contributed by atoms with Crippen molar-refractivity contribution in [1.29, 1.82) is 0 Å². The van der Waals surface area contributed by atoms with Crippen molar-refractivity contribution in [2.75, 3.05) is 6.54 Å². The van der Waals surface area contributed by atoms with E-state index in [0.29, 0.717) is 0 Å². The molecule has 0 aliphatic heterocycles. The molecule has 100 valence electrons. The Balaban J connectivity index is 1.96. The van der Waals surface area contributed by atoms with Gasteiger partial charge in [0.05, 0.1) is 10.3 Å². The maximum atomic E-state index is 11.9. The smallest absolute Gasteiger partial charge is 0.250 e. The lowest BCUT2D eigenvalue weighted by molar-refractivity contribution is -0.120. The molecule has 1 saturated carbocycles. The fourth-order valence-corrected chi connectivity index (χ4v) is 4.55. The van der Waals surface area contributed by atoms with Crippen LogP contribution in [0.15, 0.2) is 14.1 Å². The largest absolute Gasteiger partial charge is 0.352 e. The molecule has 2 N–H and O–H groups in total. The Kier molecular flexibility index (Phi) is 4.10. The first-order chi connectivity index (χ1) is 8.38. The third-order valence-electron chi connectivity index (χ3n) is 2.46. The molecular formula is C10H13BrN2O3S2. The van der Waals surface area contributed by atoms with Gasteiger partial charge in [0.1, 0.15) is 4.21 Å². The standard InChI is InChI=1S/C10H13BrN2O3S2/c1-6-4-9(17-10(6)11)18(15,16)12-5-8(14)13-7-2-3-7/h4,7,12H,2-3,5H2,1H3,(H,13,14). The van der Waals surface area contributed by atoms with Gasteiger partial charge in [-0.2, -0.15) is 0 Å². The van der Waals surface area contributed by atoms with Crippen molar-refractivity contribution < 1.29 is 13.2 Å². The molecule has 2 rings (SSSR count). The zero-order valence-electron chi connectivity index (χ0n) is 9.70.